The normalized spacial score (nSPS) is 10.3. The number of ether oxygens (including phenoxy) is 1. The van der Waals surface area contributed by atoms with Crippen LogP contribution in [0.25, 0.3) is 0 Å². The van der Waals surface area contributed by atoms with Gasteiger partial charge in [0.25, 0.3) is 0 Å². The molecule has 2 aromatic carbocycles. The van der Waals surface area contributed by atoms with E-state index in [1.807, 2.05) is 36.0 Å². The zero-order valence-electron chi connectivity index (χ0n) is 11.1. The summed E-state index contributed by atoms with van der Waals surface area (Å²) in [6, 6.07) is 17.2. The highest BCUT2D eigenvalue weighted by Crippen LogP contribution is 2.13. The molecule has 0 atom stereocenters. The van der Waals surface area contributed by atoms with E-state index in [2.05, 4.69) is 12.1 Å². The molecule has 3 nitrogen and oxygen atoms in total. The molecule has 2 N–H and O–H groups in total. The minimum Gasteiger partial charge on any atom is -0.493 e. The Kier molecular flexibility index (Phi) is 5.99. The van der Waals surface area contributed by atoms with Gasteiger partial charge in [-0.15, -0.1) is 0 Å². The summed E-state index contributed by atoms with van der Waals surface area (Å²) in [6.45, 7) is 0.600. The Balaban J connectivity index is 1.69. The minimum atomic E-state index is -1.45. The molecule has 2 aromatic rings. The molecule has 5 heteroatoms. The fraction of sp³-hybridized carbons (Fsp3) is 0.200. The lowest BCUT2D eigenvalue weighted by molar-refractivity contribution is 0.344. The quantitative estimate of drug-likeness (QED) is 0.601. The van der Waals surface area contributed by atoms with Crippen LogP contribution in [0.5, 0.6) is 5.75 Å². The van der Waals surface area contributed by atoms with E-state index in [0.29, 0.717) is 17.8 Å². The molecule has 0 heterocycles. The summed E-state index contributed by atoms with van der Waals surface area (Å²) in [5.41, 5.74) is 1.75. The van der Waals surface area contributed by atoms with Crippen molar-refractivity contribution in [3.63, 3.8) is 0 Å². The highest BCUT2D eigenvalue weighted by Gasteiger charge is 2.10. The van der Waals surface area contributed by atoms with Gasteiger partial charge in [-0.2, -0.15) is 11.8 Å². The molecule has 0 unspecified atom stereocenters. The van der Waals surface area contributed by atoms with Gasteiger partial charge in [0.1, 0.15) is 5.75 Å². The second-order valence-corrected chi connectivity index (χ2v) is 5.44. The van der Waals surface area contributed by atoms with E-state index >= 15 is 0 Å². The predicted molar refractivity (Wildman–Crippen MR) is 84.4 cm³/mol. The van der Waals surface area contributed by atoms with Gasteiger partial charge in [0.2, 0.25) is 0 Å². The summed E-state index contributed by atoms with van der Waals surface area (Å²) in [5, 5.41) is 18.2. The first kappa shape index (κ1) is 15.0. The zero-order chi connectivity index (χ0) is 14.2. The fourth-order valence-electron chi connectivity index (χ4n) is 1.75. The van der Waals surface area contributed by atoms with Gasteiger partial charge in [-0.3, -0.25) is 0 Å². The third-order valence-electron chi connectivity index (χ3n) is 2.76. The average molecular weight is 288 g/mol. The fourth-order valence-corrected chi connectivity index (χ4v) is 2.52. The van der Waals surface area contributed by atoms with Gasteiger partial charge in [-0.05, 0) is 23.2 Å². The summed E-state index contributed by atoms with van der Waals surface area (Å²) < 4.78 is 5.59. The maximum Gasteiger partial charge on any atom is 0.488 e. The molecule has 0 radical (unpaired) electrons. The molecule has 2 rings (SSSR count). The van der Waals surface area contributed by atoms with Crippen LogP contribution in [-0.4, -0.2) is 29.5 Å². The van der Waals surface area contributed by atoms with Crippen molar-refractivity contribution in [2.24, 2.45) is 0 Å². The molecule has 0 aromatic heterocycles. The number of hydrogen-bond acceptors (Lipinski definition) is 4. The van der Waals surface area contributed by atoms with Crippen molar-refractivity contribution in [2.45, 2.75) is 5.75 Å². The van der Waals surface area contributed by atoms with E-state index in [0.717, 1.165) is 11.5 Å². The van der Waals surface area contributed by atoms with Crippen LogP contribution in [0.1, 0.15) is 5.56 Å². The second-order valence-electron chi connectivity index (χ2n) is 4.33. The Morgan fingerprint density at radius 3 is 2.55 bits per heavy atom. The topological polar surface area (TPSA) is 49.7 Å². The summed E-state index contributed by atoms with van der Waals surface area (Å²) in [4.78, 5) is 0. The zero-order valence-corrected chi connectivity index (χ0v) is 11.9. The highest BCUT2D eigenvalue weighted by atomic mass is 32.2. The lowest BCUT2D eigenvalue weighted by atomic mass is 9.80. The summed E-state index contributed by atoms with van der Waals surface area (Å²) in [5.74, 6) is 2.52. The minimum absolute atomic E-state index is 0.444. The van der Waals surface area contributed by atoms with Crippen molar-refractivity contribution in [2.75, 3.05) is 12.4 Å². The molecule has 0 fully saturated rings. The van der Waals surface area contributed by atoms with Gasteiger partial charge in [-0.1, -0.05) is 42.5 Å². The standard InChI is InChI=1S/C15H17BO3S/c17-16(18)14-7-4-8-15(11-14)19-9-10-20-12-13-5-2-1-3-6-13/h1-8,11,17-18H,9-10,12H2. The van der Waals surface area contributed by atoms with Gasteiger partial charge >= 0.3 is 7.12 Å². The monoisotopic (exact) mass is 288 g/mol. The smallest absolute Gasteiger partial charge is 0.488 e. The van der Waals surface area contributed by atoms with Gasteiger partial charge in [-0.25, -0.2) is 0 Å². The van der Waals surface area contributed by atoms with Gasteiger partial charge in [0, 0.05) is 11.5 Å². The molecule has 0 aliphatic rings. The van der Waals surface area contributed by atoms with Crippen molar-refractivity contribution in [3.05, 3.63) is 60.2 Å². The number of thioether (sulfide) groups is 1. The van der Waals surface area contributed by atoms with Crippen LogP contribution in [0, 0.1) is 0 Å². The molecule has 0 saturated carbocycles. The second kappa shape index (κ2) is 7.99. The largest absolute Gasteiger partial charge is 0.493 e. The van der Waals surface area contributed by atoms with Crippen LogP contribution in [0.4, 0.5) is 0 Å². The van der Waals surface area contributed by atoms with Gasteiger partial charge < -0.3 is 14.8 Å². The van der Waals surface area contributed by atoms with Crippen LogP contribution in [-0.2, 0) is 5.75 Å². The molecule has 0 amide bonds. The first-order valence-electron chi connectivity index (χ1n) is 6.46. The van der Waals surface area contributed by atoms with Crippen LogP contribution < -0.4 is 10.2 Å². The van der Waals surface area contributed by atoms with Crippen LogP contribution in [0.2, 0.25) is 0 Å². The molecule has 0 aliphatic heterocycles. The van der Waals surface area contributed by atoms with Crippen molar-refractivity contribution < 1.29 is 14.8 Å². The Hall–Kier alpha value is -1.43. The van der Waals surface area contributed by atoms with Crippen molar-refractivity contribution in [1.82, 2.24) is 0 Å². The summed E-state index contributed by atoms with van der Waals surface area (Å²) in [6.07, 6.45) is 0. The maximum atomic E-state index is 9.08. The Morgan fingerprint density at radius 1 is 1.00 bits per heavy atom. The maximum absolute atomic E-state index is 9.08. The SMILES string of the molecule is OB(O)c1cccc(OCCSCc2ccccc2)c1. The van der Waals surface area contributed by atoms with E-state index in [4.69, 9.17) is 14.8 Å². The molecular formula is C15H17BO3S. The molecule has 104 valence electrons. The Bertz CT molecular complexity index is 520. The highest BCUT2D eigenvalue weighted by molar-refractivity contribution is 7.98. The number of hydrogen-bond donors (Lipinski definition) is 2. The summed E-state index contributed by atoms with van der Waals surface area (Å²) in [7, 11) is -1.45. The summed E-state index contributed by atoms with van der Waals surface area (Å²) >= 11 is 1.81. The van der Waals surface area contributed by atoms with Gasteiger partial charge in [0.15, 0.2) is 0 Å². The number of rotatable bonds is 7. The van der Waals surface area contributed by atoms with E-state index < -0.39 is 7.12 Å². The van der Waals surface area contributed by atoms with Crippen molar-refractivity contribution in [3.8, 4) is 5.75 Å². The van der Waals surface area contributed by atoms with Crippen LogP contribution in [0.3, 0.4) is 0 Å². The lowest BCUT2D eigenvalue weighted by Crippen LogP contribution is -2.29. The number of benzene rings is 2. The first-order valence-corrected chi connectivity index (χ1v) is 7.62. The van der Waals surface area contributed by atoms with Crippen LogP contribution >= 0.6 is 11.8 Å². The van der Waals surface area contributed by atoms with Crippen LogP contribution in [0.15, 0.2) is 54.6 Å². The first-order chi connectivity index (χ1) is 9.75. The third-order valence-corrected chi connectivity index (χ3v) is 3.76. The Morgan fingerprint density at radius 2 is 1.80 bits per heavy atom. The molecule has 0 bridgehead atoms. The lowest BCUT2D eigenvalue weighted by Gasteiger charge is -2.07. The predicted octanol–water partition coefficient (Wildman–Crippen LogP) is 1.68. The molecule has 20 heavy (non-hydrogen) atoms. The molecular weight excluding hydrogens is 271 g/mol. The molecule has 0 aliphatic carbocycles. The molecule has 0 saturated heterocycles. The van der Waals surface area contributed by atoms with Crippen molar-refractivity contribution >= 4 is 24.3 Å². The van der Waals surface area contributed by atoms with E-state index in [1.165, 1.54) is 5.56 Å². The van der Waals surface area contributed by atoms with E-state index in [9.17, 15) is 0 Å². The van der Waals surface area contributed by atoms with E-state index in [1.54, 1.807) is 18.2 Å². The average Bonchev–Trinajstić information content (AvgIpc) is 2.48. The van der Waals surface area contributed by atoms with Gasteiger partial charge in [0.05, 0.1) is 6.61 Å². The Labute approximate surface area is 123 Å². The van der Waals surface area contributed by atoms with Crippen molar-refractivity contribution in [1.29, 1.82) is 0 Å². The third kappa shape index (κ3) is 4.92. The molecule has 0 spiro atoms. The van der Waals surface area contributed by atoms with E-state index in [-0.39, 0.29) is 0 Å².